The molecular formula is C8H10N2O2S. The molecule has 13 heavy (non-hydrogen) atoms. The summed E-state index contributed by atoms with van der Waals surface area (Å²) in [4.78, 5) is 25.4. The maximum absolute atomic E-state index is 11.3. The Labute approximate surface area is 80.0 Å². The first-order valence-electron chi connectivity index (χ1n) is 3.85. The lowest BCUT2D eigenvalue weighted by Gasteiger charge is -2.04. The van der Waals surface area contributed by atoms with Gasteiger partial charge in [0.15, 0.2) is 11.3 Å². The summed E-state index contributed by atoms with van der Waals surface area (Å²) in [5, 5.41) is 4.58. The zero-order valence-electron chi connectivity index (χ0n) is 7.40. The van der Waals surface area contributed by atoms with E-state index in [-0.39, 0.29) is 11.9 Å². The SMILES string of the molecule is CC(C)NC(=O)c1csc(C=O)n1. The molecule has 5 heteroatoms. The van der Waals surface area contributed by atoms with Crippen LogP contribution in [0.25, 0.3) is 0 Å². The second-order valence-corrected chi connectivity index (χ2v) is 3.71. The fourth-order valence-corrected chi connectivity index (χ4v) is 1.38. The number of aldehydes is 1. The standard InChI is InChI=1S/C8H10N2O2S/c1-5(2)9-8(12)6-4-13-7(3-11)10-6/h3-5H,1-2H3,(H,9,12). The number of carbonyl (C=O) groups excluding carboxylic acids is 2. The van der Waals surface area contributed by atoms with Gasteiger partial charge >= 0.3 is 0 Å². The molecule has 0 radical (unpaired) electrons. The molecule has 4 nitrogen and oxygen atoms in total. The van der Waals surface area contributed by atoms with Crippen LogP contribution in [0.2, 0.25) is 0 Å². The van der Waals surface area contributed by atoms with Gasteiger partial charge in [0.05, 0.1) is 0 Å². The number of nitrogens with zero attached hydrogens (tertiary/aromatic N) is 1. The Morgan fingerprint density at radius 3 is 2.85 bits per heavy atom. The largest absolute Gasteiger partial charge is 0.349 e. The quantitative estimate of drug-likeness (QED) is 0.740. The molecule has 0 aliphatic heterocycles. The highest BCUT2D eigenvalue weighted by molar-refractivity contribution is 7.11. The molecule has 0 fully saturated rings. The highest BCUT2D eigenvalue weighted by Gasteiger charge is 2.10. The molecule has 1 aromatic rings. The highest BCUT2D eigenvalue weighted by Crippen LogP contribution is 2.06. The zero-order valence-corrected chi connectivity index (χ0v) is 8.22. The number of rotatable bonds is 3. The van der Waals surface area contributed by atoms with Crippen LogP contribution < -0.4 is 5.32 Å². The van der Waals surface area contributed by atoms with Crippen molar-refractivity contribution in [3.8, 4) is 0 Å². The maximum Gasteiger partial charge on any atom is 0.270 e. The van der Waals surface area contributed by atoms with E-state index < -0.39 is 0 Å². The third kappa shape index (κ3) is 2.62. The predicted octanol–water partition coefficient (Wildman–Crippen LogP) is 1.09. The van der Waals surface area contributed by atoms with Crippen molar-refractivity contribution in [2.45, 2.75) is 19.9 Å². The number of hydrogen-bond donors (Lipinski definition) is 1. The molecule has 1 aromatic heterocycles. The number of amides is 1. The average Bonchev–Trinajstić information content (AvgIpc) is 2.50. The Bertz CT molecular complexity index is 320. The van der Waals surface area contributed by atoms with Crippen LogP contribution in [0.3, 0.4) is 0 Å². The summed E-state index contributed by atoms with van der Waals surface area (Å²) in [5.41, 5.74) is 0.306. The maximum atomic E-state index is 11.3. The molecule has 70 valence electrons. The molecule has 1 rings (SSSR count). The molecule has 0 spiro atoms. The lowest BCUT2D eigenvalue weighted by Crippen LogP contribution is -2.30. The van der Waals surface area contributed by atoms with Gasteiger partial charge in [0.2, 0.25) is 0 Å². The monoisotopic (exact) mass is 198 g/mol. The minimum Gasteiger partial charge on any atom is -0.349 e. The summed E-state index contributed by atoms with van der Waals surface area (Å²) < 4.78 is 0. The molecular weight excluding hydrogens is 188 g/mol. The predicted molar refractivity (Wildman–Crippen MR) is 50.1 cm³/mol. The van der Waals surface area contributed by atoms with Crippen LogP contribution in [0.1, 0.15) is 34.1 Å². The van der Waals surface area contributed by atoms with Crippen LogP contribution in [0.4, 0.5) is 0 Å². The van der Waals surface area contributed by atoms with Gasteiger partial charge in [-0.2, -0.15) is 0 Å². The smallest absolute Gasteiger partial charge is 0.270 e. The van der Waals surface area contributed by atoms with Crippen LogP contribution in [0.15, 0.2) is 5.38 Å². The van der Waals surface area contributed by atoms with Gasteiger partial charge < -0.3 is 5.32 Å². The summed E-state index contributed by atoms with van der Waals surface area (Å²) >= 11 is 1.16. The first kappa shape index (κ1) is 9.85. The molecule has 0 aliphatic rings. The van der Waals surface area contributed by atoms with Crippen LogP contribution in [0, 0.1) is 0 Å². The van der Waals surface area contributed by atoms with Gasteiger partial charge in [-0.05, 0) is 13.8 Å². The zero-order chi connectivity index (χ0) is 9.84. The van der Waals surface area contributed by atoms with E-state index >= 15 is 0 Å². The van der Waals surface area contributed by atoms with E-state index in [0.717, 1.165) is 11.3 Å². The van der Waals surface area contributed by atoms with E-state index in [1.165, 1.54) is 0 Å². The van der Waals surface area contributed by atoms with E-state index in [9.17, 15) is 9.59 Å². The van der Waals surface area contributed by atoms with Crippen molar-refractivity contribution >= 4 is 23.5 Å². The van der Waals surface area contributed by atoms with Gasteiger partial charge in [-0.3, -0.25) is 9.59 Å². The number of nitrogens with one attached hydrogen (secondary N) is 1. The third-order valence-electron chi connectivity index (χ3n) is 1.28. The Morgan fingerprint density at radius 1 is 1.69 bits per heavy atom. The first-order chi connectivity index (χ1) is 6.13. The lowest BCUT2D eigenvalue weighted by atomic mass is 10.3. The molecule has 0 aliphatic carbocycles. The summed E-state index contributed by atoms with van der Waals surface area (Å²) in [6.07, 6.45) is 0.636. The number of hydrogen-bond acceptors (Lipinski definition) is 4. The molecule has 1 heterocycles. The normalized spacial score (nSPS) is 10.1. The lowest BCUT2D eigenvalue weighted by molar-refractivity contribution is 0.0939. The van der Waals surface area contributed by atoms with Crippen LogP contribution in [-0.2, 0) is 0 Å². The fourth-order valence-electron chi connectivity index (χ4n) is 0.782. The minimum atomic E-state index is -0.237. The van der Waals surface area contributed by atoms with Gasteiger partial charge in [-0.1, -0.05) is 0 Å². The van der Waals surface area contributed by atoms with Crippen LogP contribution in [-0.4, -0.2) is 23.2 Å². The van der Waals surface area contributed by atoms with Crippen LogP contribution >= 0.6 is 11.3 Å². The first-order valence-corrected chi connectivity index (χ1v) is 4.73. The van der Waals surface area contributed by atoms with Gasteiger partial charge in [-0.25, -0.2) is 4.98 Å². The van der Waals surface area contributed by atoms with Gasteiger partial charge in [-0.15, -0.1) is 11.3 Å². The summed E-state index contributed by atoms with van der Waals surface area (Å²) in [5.74, 6) is -0.237. The summed E-state index contributed by atoms with van der Waals surface area (Å²) in [6.45, 7) is 3.73. The van der Waals surface area contributed by atoms with Crippen molar-refractivity contribution in [1.82, 2.24) is 10.3 Å². The van der Waals surface area contributed by atoms with Gasteiger partial charge in [0, 0.05) is 11.4 Å². The summed E-state index contributed by atoms with van der Waals surface area (Å²) in [7, 11) is 0. The Balaban J connectivity index is 2.71. The van der Waals surface area contributed by atoms with Gasteiger partial charge in [0.25, 0.3) is 5.91 Å². The molecule has 0 saturated heterocycles. The van der Waals surface area contributed by atoms with Crippen molar-refractivity contribution in [3.05, 3.63) is 16.1 Å². The highest BCUT2D eigenvalue weighted by atomic mass is 32.1. The number of thiazole rings is 1. The van der Waals surface area contributed by atoms with E-state index in [2.05, 4.69) is 10.3 Å². The number of carbonyl (C=O) groups is 2. The third-order valence-corrected chi connectivity index (χ3v) is 2.05. The second kappa shape index (κ2) is 4.13. The van der Waals surface area contributed by atoms with E-state index in [0.29, 0.717) is 17.0 Å². The topological polar surface area (TPSA) is 59.1 Å². The number of aromatic nitrogens is 1. The molecule has 0 atom stereocenters. The Morgan fingerprint density at radius 2 is 2.38 bits per heavy atom. The van der Waals surface area contributed by atoms with Crippen LogP contribution in [0.5, 0.6) is 0 Å². The summed E-state index contributed by atoms with van der Waals surface area (Å²) in [6, 6.07) is 0.0777. The van der Waals surface area contributed by atoms with E-state index in [4.69, 9.17) is 0 Å². The molecule has 1 N–H and O–H groups in total. The van der Waals surface area contributed by atoms with Crippen molar-refractivity contribution < 1.29 is 9.59 Å². The Hall–Kier alpha value is -1.23. The molecule has 1 amide bonds. The minimum absolute atomic E-state index is 0.0777. The van der Waals surface area contributed by atoms with Crippen molar-refractivity contribution in [3.63, 3.8) is 0 Å². The molecule has 0 bridgehead atoms. The fraction of sp³-hybridized carbons (Fsp3) is 0.375. The van der Waals surface area contributed by atoms with E-state index in [1.807, 2.05) is 13.8 Å². The second-order valence-electron chi connectivity index (χ2n) is 2.82. The van der Waals surface area contributed by atoms with Crippen molar-refractivity contribution in [2.24, 2.45) is 0 Å². The van der Waals surface area contributed by atoms with Gasteiger partial charge in [0.1, 0.15) is 5.69 Å². The molecule has 0 unspecified atom stereocenters. The van der Waals surface area contributed by atoms with Crippen molar-refractivity contribution in [1.29, 1.82) is 0 Å². The molecule has 0 saturated carbocycles. The Kier molecular flexibility index (Phi) is 3.13. The average molecular weight is 198 g/mol. The van der Waals surface area contributed by atoms with E-state index in [1.54, 1.807) is 5.38 Å². The van der Waals surface area contributed by atoms with Crippen molar-refractivity contribution in [2.75, 3.05) is 0 Å². The molecule has 0 aromatic carbocycles.